The van der Waals surface area contributed by atoms with Gasteiger partial charge in [0.05, 0.1) is 12.6 Å². The summed E-state index contributed by atoms with van der Waals surface area (Å²) in [5, 5.41) is 3.04. The van der Waals surface area contributed by atoms with Crippen LogP contribution in [0.25, 0.3) is 0 Å². The maximum atomic E-state index is 12.9. The predicted octanol–water partition coefficient (Wildman–Crippen LogP) is 1.46. The van der Waals surface area contributed by atoms with E-state index in [2.05, 4.69) is 30.8 Å². The number of carbonyl (C=O) groups excluding carboxylic acids is 1. The second-order valence-corrected chi connectivity index (χ2v) is 8.52. The fraction of sp³-hybridized carbons (Fsp3) is 0.591. The van der Waals surface area contributed by atoms with Gasteiger partial charge in [-0.15, -0.1) is 0 Å². The van der Waals surface area contributed by atoms with Crippen LogP contribution < -0.4 is 5.32 Å². The summed E-state index contributed by atoms with van der Waals surface area (Å²) in [6.07, 6.45) is 10.8. The average molecular weight is 412 g/mol. The third kappa shape index (κ3) is 3.99. The van der Waals surface area contributed by atoms with E-state index in [4.69, 9.17) is 9.47 Å². The number of carbonyl (C=O) groups is 1. The zero-order valence-corrected chi connectivity index (χ0v) is 17.2. The summed E-state index contributed by atoms with van der Waals surface area (Å²) in [7, 11) is 0. The van der Waals surface area contributed by atoms with Crippen LogP contribution >= 0.6 is 0 Å². The molecule has 3 aliphatic rings. The van der Waals surface area contributed by atoms with Crippen molar-refractivity contribution in [3.05, 3.63) is 48.3 Å². The molecule has 0 unspecified atom stereocenters. The number of ether oxygens (including phenoxy) is 2. The van der Waals surface area contributed by atoms with Gasteiger partial charge in [0.2, 0.25) is 0 Å². The molecule has 0 bridgehead atoms. The van der Waals surface area contributed by atoms with Crippen LogP contribution in [0.1, 0.15) is 37.1 Å². The SMILES string of the molecule is O=C(NC[C@@H]1CCCO1)[C@H]1Cn2ccnc2C2(CCN(Cc3cccnc3)CC2)O1. The van der Waals surface area contributed by atoms with Crippen molar-refractivity contribution in [3.8, 4) is 0 Å². The Labute approximate surface area is 176 Å². The Bertz CT molecular complexity index is 857. The number of nitrogens with zero attached hydrogens (tertiary/aromatic N) is 4. The van der Waals surface area contributed by atoms with Gasteiger partial charge in [-0.25, -0.2) is 4.98 Å². The monoisotopic (exact) mass is 411 g/mol. The van der Waals surface area contributed by atoms with Crippen molar-refractivity contribution >= 4 is 5.91 Å². The topological polar surface area (TPSA) is 81.5 Å². The molecule has 160 valence electrons. The number of imidazole rings is 1. The number of amides is 1. The van der Waals surface area contributed by atoms with Gasteiger partial charge in [0.25, 0.3) is 5.91 Å². The summed E-state index contributed by atoms with van der Waals surface area (Å²) in [4.78, 5) is 24.1. The first-order valence-corrected chi connectivity index (χ1v) is 10.9. The molecule has 8 heteroatoms. The Kier molecular flexibility index (Phi) is 5.54. The predicted molar refractivity (Wildman–Crippen MR) is 110 cm³/mol. The van der Waals surface area contributed by atoms with Crippen LogP contribution in [-0.4, -0.2) is 63.8 Å². The number of piperidine rings is 1. The zero-order valence-electron chi connectivity index (χ0n) is 17.2. The molecule has 5 rings (SSSR count). The number of rotatable bonds is 5. The number of hydrogen-bond acceptors (Lipinski definition) is 6. The lowest BCUT2D eigenvalue weighted by Crippen LogP contribution is -2.54. The van der Waals surface area contributed by atoms with E-state index in [-0.39, 0.29) is 12.0 Å². The summed E-state index contributed by atoms with van der Waals surface area (Å²) in [5.41, 5.74) is 0.713. The van der Waals surface area contributed by atoms with Gasteiger partial charge in [0.1, 0.15) is 11.4 Å². The van der Waals surface area contributed by atoms with E-state index in [0.29, 0.717) is 13.1 Å². The highest BCUT2D eigenvalue weighted by atomic mass is 16.5. The smallest absolute Gasteiger partial charge is 0.251 e. The Morgan fingerprint density at radius 1 is 1.30 bits per heavy atom. The average Bonchev–Trinajstić information content (AvgIpc) is 3.47. The van der Waals surface area contributed by atoms with E-state index in [0.717, 1.165) is 57.7 Å². The summed E-state index contributed by atoms with van der Waals surface area (Å²) in [6, 6.07) is 4.08. The Balaban J connectivity index is 1.24. The maximum absolute atomic E-state index is 12.9. The van der Waals surface area contributed by atoms with Crippen LogP contribution in [0.5, 0.6) is 0 Å². The third-order valence-corrected chi connectivity index (χ3v) is 6.47. The van der Waals surface area contributed by atoms with Crippen molar-refractivity contribution in [2.24, 2.45) is 0 Å². The summed E-state index contributed by atoms with van der Waals surface area (Å²) in [5.74, 6) is 0.897. The van der Waals surface area contributed by atoms with Gasteiger partial charge < -0.3 is 19.4 Å². The number of aromatic nitrogens is 3. The molecular formula is C22H29N5O3. The molecular weight excluding hydrogens is 382 g/mol. The first-order chi connectivity index (χ1) is 14.7. The van der Waals surface area contributed by atoms with Crippen LogP contribution in [0, 0.1) is 0 Å². The maximum Gasteiger partial charge on any atom is 0.251 e. The Hall–Kier alpha value is -2.29. The molecule has 1 spiro atoms. The molecule has 2 fully saturated rings. The van der Waals surface area contributed by atoms with Crippen molar-refractivity contribution in [1.29, 1.82) is 0 Å². The van der Waals surface area contributed by atoms with Crippen LogP contribution in [0.3, 0.4) is 0 Å². The normalized spacial score (nSPS) is 25.9. The number of fused-ring (bicyclic) bond motifs is 2. The molecule has 3 aliphatic heterocycles. The molecule has 0 radical (unpaired) electrons. The Morgan fingerprint density at radius 3 is 2.97 bits per heavy atom. The molecule has 1 N–H and O–H groups in total. The standard InChI is InChI=1S/C22H29N5O3/c28-20(25-14-18-4-2-12-29-18)19-16-27-11-8-24-21(27)22(30-19)5-9-26(10-6-22)15-17-3-1-7-23-13-17/h1,3,7-8,11,13,18-19H,2,4-6,9-10,12,14-16H2,(H,25,28)/t18-,19+/m0/s1. The van der Waals surface area contributed by atoms with Crippen LogP contribution in [0.15, 0.2) is 36.9 Å². The number of nitrogens with one attached hydrogen (secondary N) is 1. The Morgan fingerprint density at radius 2 is 2.20 bits per heavy atom. The minimum atomic E-state index is -0.502. The van der Waals surface area contributed by atoms with E-state index in [9.17, 15) is 4.79 Å². The molecule has 2 aromatic heterocycles. The summed E-state index contributed by atoms with van der Waals surface area (Å²) >= 11 is 0. The number of hydrogen-bond donors (Lipinski definition) is 1. The number of likely N-dealkylation sites (tertiary alicyclic amines) is 1. The van der Waals surface area contributed by atoms with Gasteiger partial charge in [0.15, 0.2) is 6.10 Å². The molecule has 30 heavy (non-hydrogen) atoms. The van der Waals surface area contributed by atoms with E-state index in [1.807, 2.05) is 24.7 Å². The van der Waals surface area contributed by atoms with Crippen LogP contribution in [0.2, 0.25) is 0 Å². The van der Waals surface area contributed by atoms with Gasteiger partial charge in [-0.3, -0.25) is 14.7 Å². The molecule has 5 heterocycles. The van der Waals surface area contributed by atoms with E-state index < -0.39 is 11.7 Å². The van der Waals surface area contributed by atoms with Gasteiger partial charge in [-0.1, -0.05) is 6.07 Å². The minimum absolute atomic E-state index is 0.0537. The highest BCUT2D eigenvalue weighted by molar-refractivity contribution is 5.81. The van der Waals surface area contributed by atoms with Crippen molar-refractivity contribution in [3.63, 3.8) is 0 Å². The second-order valence-electron chi connectivity index (χ2n) is 8.52. The van der Waals surface area contributed by atoms with Gasteiger partial charge >= 0.3 is 0 Å². The van der Waals surface area contributed by atoms with Crippen LogP contribution in [0.4, 0.5) is 0 Å². The largest absolute Gasteiger partial charge is 0.376 e. The highest BCUT2D eigenvalue weighted by Gasteiger charge is 2.47. The summed E-state index contributed by atoms with van der Waals surface area (Å²) < 4.78 is 14.2. The van der Waals surface area contributed by atoms with E-state index in [1.165, 1.54) is 5.56 Å². The summed E-state index contributed by atoms with van der Waals surface area (Å²) in [6.45, 7) is 4.52. The molecule has 0 aromatic carbocycles. The van der Waals surface area contributed by atoms with Crippen LogP contribution in [-0.2, 0) is 33.0 Å². The molecule has 1 amide bonds. The molecule has 2 aromatic rings. The minimum Gasteiger partial charge on any atom is -0.376 e. The third-order valence-electron chi connectivity index (χ3n) is 6.47. The molecule has 0 aliphatic carbocycles. The van der Waals surface area contributed by atoms with Gasteiger partial charge in [-0.2, -0.15) is 0 Å². The van der Waals surface area contributed by atoms with Crippen molar-refractivity contribution in [1.82, 2.24) is 24.8 Å². The lowest BCUT2D eigenvalue weighted by Gasteiger charge is -2.45. The lowest BCUT2D eigenvalue weighted by atomic mass is 9.88. The highest BCUT2D eigenvalue weighted by Crippen LogP contribution is 2.40. The fourth-order valence-corrected chi connectivity index (χ4v) is 4.83. The quantitative estimate of drug-likeness (QED) is 0.802. The second kappa shape index (κ2) is 8.45. The first-order valence-electron chi connectivity index (χ1n) is 10.9. The van der Waals surface area contributed by atoms with E-state index >= 15 is 0 Å². The van der Waals surface area contributed by atoms with E-state index in [1.54, 1.807) is 6.20 Å². The lowest BCUT2D eigenvalue weighted by molar-refractivity contribution is -0.174. The van der Waals surface area contributed by atoms with Crippen molar-refractivity contribution < 1.29 is 14.3 Å². The number of pyridine rings is 1. The molecule has 8 nitrogen and oxygen atoms in total. The first kappa shape index (κ1) is 19.7. The molecule has 2 atom stereocenters. The van der Waals surface area contributed by atoms with Crippen molar-refractivity contribution in [2.75, 3.05) is 26.2 Å². The molecule has 2 saturated heterocycles. The zero-order chi connectivity index (χ0) is 20.4. The van der Waals surface area contributed by atoms with Crippen molar-refractivity contribution in [2.45, 2.75) is 56.6 Å². The van der Waals surface area contributed by atoms with Gasteiger partial charge in [-0.05, 0) is 37.3 Å². The fourth-order valence-electron chi connectivity index (χ4n) is 4.83. The molecule has 0 saturated carbocycles. The van der Waals surface area contributed by atoms with Gasteiger partial charge in [0, 0.05) is 57.6 Å².